The molecule has 0 radical (unpaired) electrons. The average Bonchev–Trinajstić information content (AvgIpc) is 2.45. The van der Waals surface area contributed by atoms with Crippen LogP contribution in [0.1, 0.15) is 24.2 Å². The minimum Gasteiger partial charge on any atom is -0.494 e. The van der Waals surface area contributed by atoms with E-state index in [0.29, 0.717) is 24.5 Å². The number of hydrogen-bond acceptors (Lipinski definition) is 3. The number of carbonyl (C=O) groups excluding carboxylic acids is 1. The summed E-state index contributed by atoms with van der Waals surface area (Å²) in [4.78, 5) is 14.3. The molecule has 1 fully saturated rings. The second kappa shape index (κ2) is 6.20. The van der Waals surface area contributed by atoms with Gasteiger partial charge in [-0.3, -0.25) is 4.79 Å². The average molecular weight is 316 g/mol. The van der Waals surface area contributed by atoms with Gasteiger partial charge in [-0.1, -0.05) is 0 Å². The van der Waals surface area contributed by atoms with Gasteiger partial charge in [0, 0.05) is 18.7 Å². The third-order valence-corrected chi connectivity index (χ3v) is 3.68. The van der Waals surface area contributed by atoms with E-state index in [1.165, 1.54) is 25.3 Å². The molecule has 0 saturated carbocycles. The molecule has 1 saturated heterocycles. The number of nitrogens with zero attached hydrogens (tertiary/aromatic N) is 1. The lowest BCUT2D eigenvalue weighted by Crippen LogP contribution is -2.55. The number of amides is 1. The van der Waals surface area contributed by atoms with E-state index in [-0.39, 0.29) is 17.8 Å². The van der Waals surface area contributed by atoms with E-state index in [1.807, 2.05) is 13.8 Å². The zero-order valence-corrected chi connectivity index (χ0v) is 13.1. The summed E-state index contributed by atoms with van der Waals surface area (Å²) in [5, 5.41) is 0. The van der Waals surface area contributed by atoms with E-state index in [1.54, 1.807) is 4.90 Å². The first-order valence-electron chi connectivity index (χ1n) is 6.73. The lowest BCUT2D eigenvalue weighted by Gasteiger charge is -2.42. The van der Waals surface area contributed by atoms with E-state index < -0.39 is 11.4 Å². The van der Waals surface area contributed by atoms with Crippen molar-refractivity contribution in [1.82, 2.24) is 4.90 Å². The largest absolute Gasteiger partial charge is 0.494 e. The Bertz CT molecular complexity index is 536. The molecule has 0 bridgehead atoms. The molecule has 1 aliphatic heterocycles. The number of halogens is 2. The fraction of sp³-hybridized carbons (Fsp3) is 0.533. The first kappa shape index (κ1) is 16.0. The quantitative estimate of drug-likeness (QED) is 0.805. The molecule has 6 heteroatoms. The number of morpholine rings is 1. The lowest BCUT2D eigenvalue weighted by molar-refractivity contribution is -0.117. The summed E-state index contributed by atoms with van der Waals surface area (Å²) in [6, 6.07) is 4.10. The topological polar surface area (TPSA) is 38.8 Å². The molecule has 4 nitrogen and oxygen atoms in total. The zero-order chi connectivity index (χ0) is 15.6. The van der Waals surface area contributed by atoms with Gasteiger partial charge in [0.2, 0.25) is 0 Å². The van der Waals surface area contributed by atoms with Crippen molar-refractivity contribution < 1.29 is 18.7 Å². The Labute approximate surface area is 128 Å². The van der Waals surface area contributed by atoms with Crippen LogP contribution in [0.5, 0.6) is 5.75 Å². The zero-order valence-electron chi connectivity index (χ0n) is 12.4. The number of ether oxygens (including phenoxy) is 2. The van der Waals surface area contributed by atoms with Crippen LogP contribution in [0.25, 0.3) is 0 Å². The Morgan fingerprint density at radius 1 is 1.57 bits per heavy atom. The fourth-order valence-corrected chi connectivity index (χ4v) is 2.67. The van der Waals surface area contributed by atoms with Crippen molar-refractivity contribution in [3.8, 4) is 5.75 Å². The van der Waals surface area contributed by atoms with Gasteiger partial charge in [-0.25, -0.2) is 4.39 Å². The monoisotopic (exact) mass is 315 g/mol. The number of alkyl halides is 1. The highest BCUT2D eigenvalue weighted by Crippen LogP contribution is 2.25. The molecule has 116 valence electrons. The molecule has 1 aromatic carbocycles. The molecule has 1 heterocycles. The predicted molar refractivity (Wildman–Crippen MR) is 78.5 cm³/mol. The third kappa shape index (κ3) is 3.66. The van der Waals surface area contributed by atoms with Gasteiger partial charge in [-0.2, -0.15) is 0 Å². The van der Waals surface area contributed by atoms with Crippen molar-refractivity contribution in [3.63, 3.8) is 0 Å². The van der Waals surface area contributed by atoms with Crippen LogP contribution in [0.4, 0.5) is 4.39 Å². The van der Waals surface area contributed by atoms with Crippen LogP contribution in [0, 0.1) is 5.82 Å². The van der Waals surface area contributed by atoms with Crippen LogP contribution < -0.4 is 4.74 Å². The van der Waals surface area contributed by atoms with Crippen molar-refractivity contribution in [3.05, 3.63) is 29.6 Å². The minimum atomic E-state index is -0.491. The Balaban J connectivity index is 2.22. The van der Waals surface area contributed by atoms with E-state index >= 15 is 0 Å². The fourth-order valence-electron chi connectivity index (χ4n) is 2.51. The van der Waals surface area contributed by atoms with Gasteiger partial charge in [0.1, 0.15) is 0 Å². The van der Waals surface area contributed by atoms with Crippen LogP contribution >= 0.6 is 11.6 Å². The van der Waals surface area contributed by atoms with Crippen LogP contribution in [0.3, 0.4) is 0 Å². The van der Waals surface area contributed by atoms with Crippen molar-refractivity contribution in [2.45, 2.75) is 25.6 Å². The third-order valence-electron chi connectivity index (χ3n) is 3.34. The molecule has 0 aliphatic carbocycles. The summed E-state index contributed by atoms with van der Waals surface area (Å²) >= 11 is 5.86. The van der Waals surface area contributed by atoms with Crippen molar-refractivity contribution in [2.75, 3.05) is 26.1 Å². The maximum absolute atomic E-state index is 13.4. The maximum Gasteiger partial charge on any atom is 0.254 e. The summed E-state index contributed by atoms with van der Waals surface area (Å²) < 4.78 is 24.1. The SMILES string of the molecule is COc1cc(C(=O)N2CC(CCl)OC(C)(C)C2)ccc1F. The highest BCUT2D eigenvalue weighted by atomic mass is 35.5. The summed E-state index contributed by atoms with van der Waals surface area (Å²) in [7, 11) is 1.37. The molecule has 21 heavy (non-hydrogen) atoms. The molecule has 1 atom stereocenters. The van der Waals surface area contributed by atoms with Crippen LogP contribution in [0.15, 0.2) is 18.2 Å². The summed E-state index contributed by atoms with van der Waals surface area (Å²) in [6.07, 6.45) is -0.207. The van der Waals surface area contributed by atoms with E-state index in [2.05, 4.69) is 0 Å². The Morgan fingerprint density at radius 2 is 2.29 bits per heavy atom. The number of rotatable bonds is 3. The molecule has 0 aromatic heterocycles. The summed E-state index contributed by atoms with van der Waals surface area (Å²) in [6.45, 7) is 4.71. The molecule has 1 aliphatic rings. The number of benzene rings is 1. The molecule has 2 rings (SSSR count). The second-order valence-electron chi connectivity index (χ2n) is 5.69. The molecule has 1 aromatic rings. The van der Waals surface area contributed by atoms with Gasteiger partial charge in [-0.15, -0.1) is 11.6 Å². The van der Waals surface area contributed by atoms with Crippen molar-refractivity contribution in [2.24, 2.45) is 0 Å². The molecule has 1 amide bonds. The van der Waals surface area contributed by atoms with Gasteiger partial charge in [0.15, 0.2) is 11.6 Å². The van der Waals surface area contributed by atoms with Gasteiger partial charge < -0.3 is 14.4 Å². The maximum atomic E-state index is 13.4. The van der Waals surface area contributed by atoms with E-state index in [4.69, 9.17) is 21.1 Å². The first-order valence-corrected chi connectivity index (χ1v) is 7.26. The van der Waals surface area contributed by atoms with Gasteiger partial charge in [-0.05, 0) is 32.0 Å². The van der Waals surface area contributed by atoms with Gasteiger partial charge in [0.25, 0.3) is 5.91 Å². The first-order chi connectivity index (χ1) is 9.86. The van der Waals surface area contributed by atoms with Crippen molar-refractivity contribution >= 4 is 17.5 Å². The molecular formula is C15H19ClFNO3. The second-order valence-corrected chi connectivity index (χ2v) is 6.00. The van der Waals surface area contributed by atoms with Gasteiger partial charge in [0.05, 0.1) is 24.7 Å². The minimum absolute atomic E-state index is 0.0577. The van der Waals surface area contributed by atoms with Crippen LogP contribution in [-0.2, 0) is 4.74 Å². The summed E-state index contributed by atoms with van der Waals surface area (Å²) in [5.41, 5.74) is -0.0725. The Hall–Kier alpha value is -1.33. The molecular weight excluding hydrogens is 297 g/mol. The van der Waals surface area contributed by atoms with Crippen molar-refractivity contribution in [1.29, 1.82) is 0 Å². The number of carbonyl (C=O) groups is 1. The standard InChI is InChI=1S/C15H19ClFNO3/c1-15(2)9-18(8-11(7-16)21-15)14(19)10-4-5-12(17)13(6-10)20-3/h4-6,11H,7-9H2,1-3H3. The highest BCUT2D eigenvalue weighted by molar-refractivity contribution is 6.18. The lowest BCUT2D eigenvalue weighted by atomic mass is 10.0. The molecule has 0 spiro atoms. The molecule has 1 unspecified atom stereocenters. The highest BCUT2D eigenvalue weighted by Gasteiger charge is 2.35. The smallest absolute Gasteiger partial charge is 0.254 e. The molecule has 0 N–H and O–H groups in total. The van der Waals surface area contributed by atoms with Crippen LogP contribution in [-0.4, -0.2) is 48.6 Å². The van der Waals surface area contributed by atoms with E-state index in [0.717, 1.165) is 0 Å². The summed E-state index contributed by atoms with van der Waals surface area (Å²) in [5.74, 6) is -0.294. The van der Waals surface area contributed by atoms with Gasteiger partial charge >= 0.3 is 0 Å². The van der Waals surface area contributed by atoms with E-state index in [9.17, 15) is 9.18 Å². The Kier molecular flexibility index (Phi) is 4.74. The number of hydrogen-bond donors (Lipinski definition) is 0. The van der Waals surface area contributed by atoms with Crippen LogP contribution in [0.2, 0.25) is 0 Å². The normalized spacial score (nSPS) is 21.2. The number of methoxy groups -OCH3 is 1. The predicted octanol–water partition coefficient (Wildman–Crippen LogP) is 2.69. The Morgan fingerprint density at radius 3 is 2.90 bits per heavy atom.